The molecule has 2 amide bonds. The lowest BCUT2D eigenvalue weighted by Crippen LogP contribution is -2.24. The van der Waals surface area contributed by atoms with Gasteiger partial charge in [0.05, 0.1) is 10.0 Å². The molecule has 0 spiro atoms. The first kappa shape index (κ1) is 20.4. The number of hydrogen-bond acceptors (Lipinski definition) is 4. The molecule has 1 aromatic heterocycles. The van der Waals surface area contributed by atoms with Gasteiger partial charge in [-0.05, 0) is 43.2 Å². The quantitative estimate of drug-likeness (QED) is 0.600. The number of anilines is 1. The largest absolute Gasteiger partial charge is 0.360 e. The van der Waals surface area contributed by atoms with E-state index in [0.29, 0.717) is 45.6 Å². The van der Waals surface area contributed by atoms with E-state index in [4.69, 9.17) is 27.7 Å². The number of hydrogen-bond donors (Lipinski definition) is 1. The summed E-state index contributed by atoms with van der Waals surface area (Å²) < 4.78 is 5.25. The van der Waals surface area contributed by atoms with Gasteiger partial charge in [0, 0.05) is 30.8 Å². The van der Waals surface area contributed by atoms with Crippen LogP contribution in [-0.4, -0.2) is 23.5 Å². The van der Waals surface area contributed by atoms with E-state index in [1.807, 2.05) is 24.3 Å². The first-order valence-electron chi connectivity index (χ1n) is 9.54. The maximum atomic E-state index is 12.9. The molecule has 3 aromatic rings. The molecule has 0 radical (unpaired) electrons. The standard InChI is InChI=1S/C22H19Cl2N3O3/c1-13-19(21(26-30-13)20-16(23)4-2-5-17(20)24)22(29)25-12-14-7-9-15(10-8-14)27-11-3-6-18(27)28/h2,4-5,7-10H,3,6,11-12H2,1H3,(H,25,29). The first-order chi connectivity index (χ1) is 14.5. The van der Waals surface area contributed by atoms with E-state index in [1.54, 1.807) is 30.0 Å². The lowest BCUT2D eigenvalue weighted by Gasteiger charge is -2.16. The van der Waals surface area contributed by atoms with E-state index in [-0.39, 0.29) is 11.8 Å². The Kier molecular flexibility index (Phi) is 5.79. The topological polar surface area (TPSA) is 75.4 Å². The second-order valence-corrected chi connectivity index (χ2v) is 7.87. The number of nitrogens with one attached hydrogen (secondary N) is 1. The summed E-state index contributed by atoms with van der Waals surface area (Å²) in [6.45, 7) is 2.72. The van der Waals surface area contributed by atoms with Gasteiger partial charge in [-0.1, -0.05) is 46.6 Å². The van der Waals surface area contributed by atoms with E-state index in [9.17, 15) is 9.59 Å². The summed E-state index contributed by atoms with van der Waals surface area (Å²) in [6, 6.07) is 12.7. The van der Waals surface area contributed by atoms with E-state index in [2.05, 4.69) is 10.5 Å². The summed E-state index contributed by atoms with van der Waals surface area (Å²) in [6.07, 6.45) is 1.47. The number of rotatable bonds is 5. The van der Waals surface area contributed by atoms with Crippen LogP contribution in [-0.2, 0) is 11.3 Å². The van der Waals surface area contributed by atoms with E-state index < -0.39 is 0 Å². The van der Waals surface area contributed by atoms with Gasteiger partial charge in [-0.3, -0.25) is 9.59 Å². The predicted molar refractivity (Wildman–Crippen MR) is 116 cm³/mol. The van der Waals surface area contributed by atoms with Gasteiger partial charge in [-0.2, -0.15) is 0 Å². The third kappa shape index (κ3) is 3.93. The van der Waals surface area contributed by atoms with Gasteiger partial charge < -0.3 is 14.7 Å². The molecule has 1 N–H and O–H groups in total. The smallest absolute Gasteiger partial charge is 0.257 e. The van der Waals surface area contributed by atoms with Crippen LogP contribution in [0.2, 0.25) is 10.0 Å². The number of halogens is 2. The minimum absolute atomic E-state index is 0.143. The molecule has 4 rings (SSSR count). The molecule has 1 fully saturated rings. The Morgan fingerprint density at radius 3 is 2.50 bits per heavy atom. The van der Waals surface area contributed by atoms with Crippen molar-refractivity contribution in [3.8, 4) is 11.3 Å². The zero-order valence-corrected chi connectivity index (χ0v) is 17.8. The van der Waals surface area contributed by atoms with Crippen LogP contribution in [0.4, 0.5) is 5.69 Å². The Hall–Kier alpha value is -2.83. The molecule has 0 atom stereocenters. The predicted octanol–water partition coefficient (Wildman–Crippen LogP) is 5.01. The number of carbonyl (C=O) groups excluding carboxylic acids is 2. The second-order valence-electron chi connectivity index (χ2n) is 7.06. The fourth-order valence-electron chi connectivity index (χ4n) is 3.52. The third-order valence-corrected chi connectivity index (χ3v) is 5.69. The molecule has 1 aliphatic rings. The summed E-state index contributed by atoms with van der Waals surface area (Å²) in [5.74, 6) is 0.185. The van der Waals surface area contributed by atoms with Gasteiger partial charge in [0.15, 0.2) is 0 Å². The summed E-state index contributed by atoms with van der Waals surface area (Å²) in [5, 5.41) is 7.66. The number of aryl methyl sites for hydroxylation is 1. The minimum atomic E-state index is -0.335. The molecule has 2 heterocycles. The van der Waals surface area contributed by atoms with Gasteiger partial charge in [-0.15, -0.1) is 0 Å². The van der Waals surface area contributed by atoms with Crippen LogP contribution in [0.1, 0.15) is 34.5 Å². The Morgan fingerprint density at radius 1 is 1.17 bits per heavy atom. The molecule has 0 unspecified atom stereocenters. The minimum Gasteiger partial charge on any atom is -0.360 e. The first-order valence-corrected chi connectivity index (χ1v) is 10.3. The number of carbonyl (C=O) groups is 2. The summed E-state index contributed by atoms with van der Waals surface area (Å²) in [7, 11) is 0. The highest BCUT2D eigenvalue weighted by Crippen LogP contribution is 2.36. The molecule has 8 heteroatoms. The fourth-order valence-corrected chi connectivity index (χ4v) is 4.10. The van der Waals surface area contributed by atoms with Crippen molar-refractivity contribution in [1.29, 1.82) is 0 Å². The van der Waals surface area contributed by atoms with Crippen LogP contribution in [0.5, 0.6) is 0 Å². The molecule has 0 saturated carbocycles. The molecule has 2 aromatic carbocycles. The number of benzene rings is 2. The van der Waals surface area contributed by atoms with Gasteiger partial charge >= 0.3 is 0 Å². The number of amides is 2. The van der Waals surface area contributed by atoms with Crippen LogP contribution in [0.3, 0.4) is 0 Å². The fraction of sp³-hybridized carbons (Fsp3) is 0.227. The van der Waals surface area contributed by atoms with Crippen LogP contribution in [0.25, 0.3) is 11.3 Å². The number of aromatic nitrogens is 1. The van der Waals surface area contributed by atoms with Crippen molar-refractivity contribution in [2.24, 2.45) is 0 Å². The maximum Gasteiger partial charge on any atom is 0.257 e. The van der Waals surface area contributed by atoms with Crippen LogP contribution in [0.15, 0.2) is 47.0 Å². The van der Waals surface area contributed by atoms with Gasteiger partial charge in [0.25, 0.3) is 5.91 Å². The highest BCUT2D eigenvalue weighted by molar-refractivity contribution is 6.39. The molecule has 1 saturated heterocycles. The third-order valence-electron chi connectivity index (χ3n) is 5.06. The second kappa shape index (κ2) is 8.50. The molecular weight excluding hydrogens is 425 g/mol. The number of nitrogens with zero attached hydrogens (tertiary/aromatic N) is 2. The highest BCUT2D eigenvalue weighted by Gasteiger charge is 2.25. The van der Waals surface area contributed by atoms with Crippen LogP contribution in [0, 0.1) is 6.92 Å². The van der Waals surface area contributed by atoms with Gasteiger partial charge in [-0.25, -0.2) is 0 Å². The van der Waals surface area contributed by atoms with Crippen molar-refractivity contribution in [2.45, 2.75) is 26.3 Å². The zero-order valence-electron chi connectivity index (χ0n) is 16.2. The summed E-state index contributed by atoms with van der Waals surface area (Å²) in [4.78, 5) is 26.5. The summed E-state index contributed by atoms with van der Waals surface area (Å²) in [5.41, 5.74) is 2.85. The van der Waals surface area contributed by atoms with Crippen molar-refractivity contribution < 1.29 is 14.1 Å². The van der Waals surface area contributed by atoms with Crippen molar-refractivity contribution in [2.75, 3.05) is 11.4 Å². The lowest BCUT2D eigenvalue weighted by atomic mass is 10.1. The molecule has 0 aliphatic carbocycles. The summed E-state index contributed by atoms with van der Waals surface area (Å²) >= 11 is 12.6. The maximum absolute atomic E-state index is 12.9. The Balaban J connectivity index is 1.50. The van der Waals surface area contributed by atoms with Gasteiger partial charge in [0.1, 0.15) is 17.0 Å². The van der Waals surface area contributed by atoms with E-state index >= 15 is 0 Å². The monoisotopic (exact) mass is 443 g/mol. The molecule has 1 aliphatic heterocycles. The van der Waals surface area contributed by atoms with Crippen molar-refractivity contribution in [1.82, 2.24) is 10.5 Å². The average molecular weight is 444 g/mol. The molecular formula is C22H19Cl2N3O3. The normalized spacial score (nSPS) is 13.7. The van der Waals surface area contributed by atoms with Crippen molar-refractivity contribution >= 4 is 40.7 Å². The highest BCUT2D eigenvalue weighted by atomic mass is 35.5. The lowest BCUT2D eigenvalue weighted by molar-refractivity contribution is -0.117. The molecule has 6 nitrogen and oxygen atoms in total. The molecule has 154 valence electrons. The van der Waals surface area contributed by atoms with Crippen molar-refractivity contribution in [3.63, 3.8) is 0 Å². The molecule has 30 heavy (non-hydrogen) atoms. The molecule has 0 bridgehead atoms. The zero-order chi connectivity index (χ0) is 21.3. The van der Waals surface area contributed by atoms with E-state index in [1.165, 1.54) is 0 Å². The Labute approximate surface area is 183 Å². The van der Waals surface area contributed by atoms with Crippen molar-refractivity contribution in [3.05, 3.63) is 69.4 Å². The van der Waals surface area contributed by atoms with Gasteiger partial charge in [0.2, 0.25) is 5.91 Å². The van der Waals surface area contributed by atoms with Crippen LogP contribution < -0.4 is 10.2 Å². The Morgan fingerprint density at radius 2 is 1.87 bits per heavy atom. The van der Waals surface area contributed by atoms with Crippen LogP contribution >= 0.6 is 23.2 Å². The van der Waals surface area contributed by atoms with E-state index in [0.717, 1.165) is 24.2 Å². The average Bonchev–Trinajstić information content (AvgIpc) is 3.32. The SMILES string of the molecule is Cc1onc(-c2c(Cl)cccc2Cl)c1C(=O)NCc1ccc(N2CCCC2=O)cc1. The Bertz CT molecular complexity index is 1090.